The first-order valence-corrected chi connectivity index (χ1v) is 9.70. The second-order valence-electron chi connectivity index (χ2n) is 7.14. The molecule has 1 fully saturated rings. The first-order valence-electron chi connectivity index (χ1n) is 9.70. The first kappa shape index (κ1) is 19.5. The Bertz CT molecular complexity index is 1080. The molecule has 1 aromatic heterocycles. The summed E-state index contributed by atoms with van der Waals surface area (Å²) in [4.78, 5) is 36.4. The normalized spacial score (nSPS) is 13.9. The van der Waals surface area contributed by atoms with Crippen molar-refractivity contribution in [2.75, 3.05) is 31.1 Å². The minimum atomic E-state index is -0.455. The lowest BCUT2D eigenvalue weighted by atomic mass is 10.1. The lowest BCUT2D eigenvalue weighted by Gasteiger charge is -2.35. The van der Waals surface area contributed by atoms with E-state index in [1.807, 2.05) is 36.4 Å². The number of amides is 1. The van der Waals surface area contributed by atoms with E-state index in [1.54, 1.807) is 30.2 Å². The van der Waals surface area contributed by atoms with Crippen LogP contribution in [-0.4, -0.2) is 51.9 Å². The summed E-state index contributed by atoms with van der Waals surface area (Å²) in [5, 5.41) is 11.2. The number of hydrogen-bond acceptors (Lipinski definition) is 6. The highest BCUT2D eigenvalue weighted by atomic mass is 16.6. The molecular formula is C22H21N5O3. The van der Waals surface area contributed by atoms with Crippen LogP contribution < -0.4 is 4.90 Å². The molecule has 2 heterocycles. The Kier molecular flexibility index (Phi) is 5.38. The molecule has 3 aromatic rings. The predicted octanol–water partition coefficient (Wildman–Crippen LogP) is 3.32. The molecule has 0 aliphatic carbocycles. The van der Waals surface area contributed by atoms with Crippen molar-refractivity contribution >= 4 is 17.4 Å². The molecule has 2 aromatic carbocycles. The lowest BCUT2D eigenvalue weighted by molar-refractivity contribution is -0.385. The third kappa shape index (κ3) is 3.98. The maximum Gasteiger partial charge on any atom is 0.273 e. The summed E-state index contributed by atoms with van der Waals surface area (Å²) in [7, 11) is 0. The van der Waals surface area contributed by atoms with Gasteiger partial charge in [0.1, 0.15) is 5.82 Å². The molecule has 0 unspecified atom stereocenters. The van der Waals surface area contributed by atoms with Crippen LogP contribution in [0.15, 0.2) is 60.8 Å². The number of nitrogens with zero attached hydrogens (tertiary/aromatic N) is 5. The van der Waals surface area contributed by atoms with Gasteiger partial charge < -0.3 is 9.80 Å². The number of piperazine rings is 1. The number of hydrogen-bond donors (Lipinski definition) is 0. The molecule has 8 heteroatoms. The fraction of sp³-hybridized carbons (Fsp3) is 0.227. The smallest absolute Gasteiger partial charge is 0.273 e. The zero-order valence-electron chi connectivity index (χ0n) is 16.6. The maximum atomic E-state index is 12.8. The minimum absolute atomic E-state index is 0.0334. The quantitative estimate of drug-likeness (QED) is 0.490. The van der Waals surface area contributed by atoms with E-state index in [9.17, 15) is 14.9 Å². The van der Waals surface area contributed by atoms with E-state index in [-0.39, 0.29) is 11.6 Å². The maximum absolute atomic E-state index is 12.8. The van der Waals surface area contributed by atoms with Crippen molar-refractivity contribution in [3.05, 3.63) is 82.0 Å². The molecule has 0 radical (unpaired) electrons. The molecule has 0 bridgehead atoms. The molecule has 1 amide bonds. The number of anilines is 1. The Morgan fingerprint density at radius 2 is 1.77 bits per heavy atom. The van der Waals surface area contributed by atoms with Gasteiger partial charge in [0.25, 0.3) is 11.6 Å². The van der Waals surface area contributed by atoms with Gasteiger partial charge in [0.2, 0.25) is 0 Å². The van der Waals surface area contributed by atoms with Crippen LogP contribution in [0, 0.1) is 17.0 Å². The summed E-state index contributed by atoms with van der Waals surface area (Å²) in [5.41, 5.74) is 1.80. The minimum Gasteiger partial charge on any atom is -0.353 e. The van der Waals surface area contributed by atoms with Gasteiger partial charge in [-0.3, -0.25) is 14.9 Å². The van der Waals surface area contributed by atoms with E-state index in [1.165, 1.54) is 6.07 Å². The largest absolute Gasteiger partial charge is 0.353 e. The second-order valence-corrected chi connectivity index (χ2v) is 7.14. The molecule has 0 N–H and O–H groups in total. The van der Waals surface area contributed by atoms with Gasteiger partial charge in [-0.2, -0.15) is 0 Å². The van der Waals surface area contributed by atoms with Gasteiger partial charge >= 0.3 is 0 Å². The van der Waals surface area contributed by atoms with Crippen LogP contribution in [-0.2, 0) is 0 Å². The molecule has 1 saturated heterocycles. The van der Waals surface area contributed by atoms with Gasteiger partial charge in [-0.25, -0.2) is 9.97 Å². The summed E-state index contributed by atoms with van der Waals surface area (Å²) in [6.45, 7) is 3.96. The molecule has 30 heavy (non-hydrogen) atoms. The van der Waals surface area contributed by atoms with Crippen LogP contribution in [0.4, 0.5) is 11.5 Å². The van der Waals surface area contributed by atoms with Crippen molar-refractivity contribution in [1.29, 1.82) is 0 Å². The van der Waals surface area contributed by atoms with Crippen molar-refractivity contribution < 1.29 is 9.72 Å². The summed E-state index contributed by atoms with van der Waals surface area (Å²) in [6.07, 6.45) is 1.74. The van der Waals surface area contributed by atoms with E-state index in [0.29, 0.717) is 43.1 Å². The average molecular weight is 403 g/mol. The van der Waals surface area contributed by atoms with Gasteiger partial charge in [-0.15, -0.1) is 0 Å². The molecule has 1 aliphatic rings. The Morgan fingerprint density at radius 3 is 2.47 bits per heavy atom. The van der Waals surface area contributed by atoms with Gasteiger partial charge in [0.15, 0.2) is 5.82 Å². The Morgan fingerprint density at radius 1 is 1.03 bits per heavy atom. The lowest BCUT2D eigenvalue weighted by Crippen LogP contribution is -2.49. The Labute approximate surface area is 174 Å². The molecule has 0 saturated carbocycles. The Hall–Kier alpha value is -3.81. The molecule has 152 valence electrons. The molecule has 4 rings (SSSR count). The van der Waals surface area contributed by atoms with E-state index >= 15 is 0 Å². The molecule has 0 atom stereocenters. The van der Waals surface area contributed by atoms with Crippen molar-refractivity contribution in [1.82, 2.24) is 14.9 Å². The van der Waals surface area contributed by atoms with E-state index in [4.69, 9.17) is 0 Å². The third-order valence-corrected chi connectivity index (χ3v) is 5.22. The van der Waals surface area contributed by atoms with Crippen molar-refractivity contribution in [3.8, 4) is 11.4 Å². The fourth-order valence-electron chi connectivity index (χ4n) is 3.51. The standard InChI is InChI=1S/C22H21N5O3/c1-16-7-8-18(15-19(16)27(29)30)22(28)26-13-11-25(12-14-26)20-9-10-23-21(24-20)17-5-3-2-4-6-17/h2-10,15H,11-14H2,1H3. The predicted molar refractivity (Wildman–Crippen MR) is 113 cm³/mol. The van der Waals surface area contributed by atoms with Gasteiger partial charge in [0.05, 0.1) is 4.92 Å². The number of nitro groups is 1. The SMILES string of the molecule is Cc1ccc(C(=O)N2CCN(c3ccnc(-c4ccccc4)n3)CC2)cc1[N+](=O)[O-]. The highest BCUT2D eigenvalue weighted by Gasteiger charge is 2.24. The summed E-state index contributed by atoms with van der Waals surface area (Å²) in [6, 6.07) is 16.3. The summed E-state index contributed by atoms with van der Waals surface area (Å²) in [5.74, 6) is 1.30. The zero-order chi connectivity index (χ0) is 21.1. The molecule has 1 aliphatic heterocycles. The van der Waals surface area contributed by atoms with Crippen molar-refractivity contribution in [3.63, 3.8) is 0 Å². The Balaban J connectivity index is 1.45. The summed E-state index contributed by atoms with van der Waals surface area (Å²) < 4.78 is 0. The zero-order valence-corrected chi connectivity index (χ0v) is 16.6. The number of aromatic nitrogens is 2. The third-order valence-electron chi connectivity index (χ3n) is 5.22. The van der Waals surface area contributed by atoms with E-state index < -0.39 is 4.92 Å². The summed E-state index contributed by atoms with van der Waals surface area (Å²) >= 11 is 0. The molecule has 8 nitrogen and oxygen atoms in total. The first-order chi connectivity index (χ1) is 14.5. The number of rotatable bonds is 4. The van der Waals surface area contributed by atoms with E-state index in [0.717, 1.165) is 11.4 Å². The monoisotopic (exact) mass is 403 g/mol. The van der Waals surface area contributed by atoms with Crippen LogP contribution in [0.1, 0.15) is 15.9 Å². The van der Waals surface area contributed by atoms with Crippen LogP contribution in [0.25, 0.3) is 11.4 Å². The molecule has 0 spiro atoms. The molecular weight excluding hydrogens is 382 g/mol. The van der Waals surface area contributed by atoms with Crippen molar-refractivity contribution in [2.45, 2.75) is 6.92 Å². The average Bonchev–Trinajstić information content (AvgIpc) is 2.79. The van der Waals surface area contributed by atoms with Crippen molar-refractivity contribution in [2.24, 2.45) is 0 Å². The van der Waals surface area contributed by atoms with Crippen LogP contribution in [0.5, 0.6) is 0 Å². The van der Waals surface area contributed by atoms with E-state index in [2.05, 4.69) is 14.9 Å². The number of nitro benzene ring substituents is 1. The number of benzene rings is 2. The van der Waals surface area contributed by atoms with Crippen LogP contribution in [0.3, 0.4) is 0 Å². The van der Waals surface area contributed by atoms with Gasteiger partial charge in [-0.1, -0.05) is 36.4 Å². The highest BCUT2D eigenvalue weighted by molar-refractivity contribution is 5.95. The number of carbonyl (C=O) groups excluding carboxylic acids is 1. The second kappa shape index (κ2) is 8.28. The number of carbonyl (C=O) groups is 1. The topological polar surface area (TPSA) is 92.5 Å². The highest BCUT2D eigenvalue weighted by Crippen LogP contribution is 2.22. The van der Waals surface area contributed by atoms with Crippen LogP contribution >= 0.6 is 0 Å². The number of aryl methyl sites for hydroxylation is 1. The van der Waals surface area contributed by atoms with Gasteiger partial charge in [-0.05, 0) is 19.1 Å². The van der Waals surface area contributed by atoms with Gasteiger partial charge in [0, 0.05) is 55.1 Å². The fourth-order valence-corrected chi connectivity index (χ4v) is 3.51. The van der Waals surface area contributed by atoms with Crippen LogP contribution in [0.2, 0.25) is 0 Å².